The molecule has 2 heterocycles. The molecule has 6 nitrogen and oxygen atoms in total. The lowest BCUT2D eigenvalue weighted by Crippen LogP contribution is -2.41. The van der Waals surface area contributed by atoms with E-state index in [4.69, 9.17) is 11.6 Å². The molecule has 4 rings (SSSR count). The molecule has 0 spiro atoms. The number of para-hydroxylation sites is 1. The molecule has 1 aliphatic heterocycles. The van der Waals surface area contributed by atoms with Gasteiger partial charge in [-0.05, 0) is 56.2 Å². The van der Waals surface area contributed by atoms with Gasteiger partial charge in [-0.15, -0.1) is 0 Å². The largest absolute Gasteiger partial charge is 0.318 e. The number of piperidine rings is 1. The second-order valence-corrected chi connectivity index (χ2v) is 10.7. The van der Waals surface area contributed by atoms with Crippen LogP contribution in [0.4, 0.5) is 0 Å². The number of carbonyl (C=O) groups is 1. The lowest BCUT2D eigenvalue weighted by molar-refractivity contribution is 0.0998. The number of carbonyl (C=O) groups excluding carboxylic acids is 1. The molecule has 0 aliphatic carbocycles. The van der Waals surface area contributed by atoms with Crippen LogP contribution in [0.2, 0.25) is 5.02 Å². The minimum absolute atomic E-state index is 0.0140. The van der Waals surface area contributed by atoms with Gasteiger partial charge in [0, 0.05) is 25.2 Å². The first-order valence-electron chi connectivity index (χ1n) is 9.74. The monoisotopic (exact) mass is 463 g/mol. The topological polar surface area (TPSA) is 71.7 Å². The number of amides is 1. The quantitative estimate of drug-likeness (QED) is 0.584. The number of aryl methyl sites for hydroxylation is 1. The van der Waals surface area contributed by atoms with Gasteiger partial charge in [-0.3, -0.25) is 4.79 Å². The van der Waals surface area contributed by atoms with E-state index >= 15 is 0 Å². The molecule has 1 atom stereocenters. The summed E-state index contributed by atoms with van der Waals surface area (Å²) in [4.78, 5) is 17.6. The number of halogens is 1. The van der Waals surface area contributed by atoms with Gasteiger partial charge in [-0.1, -0.05) is 35.4 Å². The molecule has 0 radical (unpaired) electrons. The zero-order valence-corrected chi connectivity index (χ0v) is 19.1. The fourth-order valence-electron chi connectivity index (χ4n) is 3.75. The Labute approximate surface area is 184 Å². The maximum absolute atomic E-state index is 12.9. The first-order valence-corrected chi connectivity index (χ1v) is 12.4. The number of nitrogens with zero attached hydrogens (tertiary/aromatic N) is 3. The van der Waals surface area contributed by atoms with Crippen LogP contribution in [0.15, 0.2) is 52.4 Å². The van der Waals surface area contributed by atoms with E-state index in [0.717, 1.165) is 29.5 Å². The van der Waals surface area contributed by atoms with Gasteiger partial charge in [-0.25, -0.2) is 8.42 Å². The molecule has 9 heteroatoms. The van der Waals surface area contributed by atoms with Crippen molar-refractivity contribution in [1.29, 1.82) is 0 Å². The van der Waals surface area contributed by atoms with Gasteiger partial charge in [0.15, 0.2) is 4.80 Å². The number of thiazole rings is 1. The Balaban J connectivity index is 1.63. The summed E-state index contributed by atoms with van der Waals surface area (Å²) in [7, 11) is -1.75. The lowest BCUT2D eigenvalue weighted by atomic mass is 10.1. The minimum atomic E-state index is -3.57. The first kappa shape index (κ1) is 21.2. The van der Waals surface area contributed by atoms with Gasteiger partial charge >= 0.3 is 0 Å². The molecule has 1 fully saturated rings. The van der Waals surface area contributed by atoms with E-state index in [0.29, 0.717) is 21.9 Å². The van der Waals surface area contributed by atoms with E-state index < -0.39 is 15.9 Å². The summed E-state index contributed by atoms with van der Waals surface area (Å²) in [5.74, 6) is -0.427. The molecule has 0 unspecified atom stereocenters. The molecule has 0 saturated carbocycles. The Morgan fingerprint density at radius 2 is 1.90 bits per heavy atom. The number of fused-ring (bicyclic) bond motifs is 1. The third-order valence-electron chi connectivity index (χ3n) is 5.42. The molecular formula is C21H22ClN3O3S2. The Hall–Kier alpha value is -2.00. The summed E-state index contributed by atoms with van der Waals surface area (Å²) in [5, 5.41) is 0.599. The van der Waals surface area contributed by atoms with Gasteiger partial charge in [0.25, 0.3) is 5.91 Å². The van der Waals surface area contributed by atoms with Crippen molar-refractivity contribution in [2.45, 2.75) is 37.1 Å². The molecule has 158 valence electrons. The second-order valence-electron chi connectivity index (χ2n) is 7.43. The van der Waals surface area contributed by atoms with Crippen molar-refractivity contribution in [3.8, 4) is 0 Å². The standard InChI is InChI=1S/C21H22ClN3O3S2/c1-14-6-3-4-13-25(14)30(27,28)16-11-9-15(10-12-16)20(26)23-21-24(2)19-17(22)7-5-8-18(19)29-21/h5,7-12,14H,3-4,6,13H2,1-2H3/t14-/m1/s1. The number of aromatic nitrogens is 1. The van der Waals surface area contributed by atoms with Crippen LogP contribution in [0.5, 0.6) is 0 Å². The van der Waals surface area contributed by atoms with Crippen molar-refractivity contribution in [3.63, 3.8) is 0 Å². The van der Waals surface area contributed by atoms with Gasteiger partial charge in [0.05, 0.1) is 20.1 Å². The Morgan fingerprint density at radius 3 is 2.57 bits per heavy atom. The van der Waals surface area contributed by atoms with E-state index in [1.807, 2.05) is 26.1 Å². The molecule has 1 amide bonds. The van der Waals surface area contributed by atoms with E-state index in [1.165, 1.54) is 35.6 Å². The van der Waals surface area contributed by atoms with Crippen molar-refractivity contribution in [3.05, 3.63) is 57.9 Å². The predicted octanol–water partition coefficient (Wildman–Crippen LogP) is 4.20. The number of benzene rings is 2. The molecule has 3 aromatic rings. The third-order valence-corrected chi connectivity index (χ3v) is 8.85. The summed E-state index contributed by atoms with van der Waals surface area (Å²) in [6, 6.07) is 11.6. The fourth-order valence-corrected chi connectivity index (χ4v) is 6.85. The van der Waals surface area contributed by atoms with Crippen LogP contribution in [-0.2, 0) is 17.1 Å². The molecule has 1 saturated heterocycles. The zero-order chi connectivity index (χ0) is 21.5. The molecule has 30 heavy (non-hydrogen) atoms. The number of hydrogen-bond acceptors (Lipinski definition) is 4. The Bertz CT molecular complexity index is 1280. The fraction of sp³-hybridized carbons (Fsp3) is 0.333. The van der Waals surface area contributed by atoms with Crippen molar-refractivity contribution < 1.29 is 13.2 Å². The van der Waals surface area contributed by atoms with Gasteiger partial charge < -0.3 is 4.57 Å². The summed E-state index contributed by atoms with van der Waals surface area (Å²) in [6.07, 6.45) is 2.78. The molecule has 0 bridgehead atoms. The summed E-state index contributed by atoms with van der Waals surface area (Å²) in [5.41, 5.74) is 1.16. The average molecular weight is 464 g/mol. The smallest absolute Gasteiger partial charge is 0.279 e. The highest BCUT2D eigenvalue weighted by Gasteiger charge is 2.30. The number of sulfonamides is 1. The van der Waals surface area contributed by atoms with Crippen molar-refractivity contribution in [2.75, 3.05) is 6.54 Å². The molecular weight excluding hydrogens is 442 g/mol. The third kappa shape index (κ3) is 3.85. The van der Waals surface area contributed by atoms with Crippen molar-refractivity contribution in [1.82, 2.24) is 8.87 Å². The van der Waals surface area contributed by atoms with Crippen LogP contribution >= 0.6 is 22.9 Å². The predicted molar refractivity (Wildman–Crippen MR) is 119 cm³/mol. The minimum Gasteiger partial charge on any atom is -0.318 e. The number of hydrogen-bond donors (Lipinski definition) is 0. The number of rotatable bonds is 3. The van der Waals surface area contributed by atoms with Gasteiger partial charge in [-0.2, -0.15) is 9.30 Å². The summed E-state index contributed by atoms with van der Waals surface area (Å²) >= 11 is 7.64. The SMILES string of the molecule is C[C@@H]1CCCCN1S(=O)(=O)c1ccc(C(=O)N=c2sc3cccc(Cl)c3n2C)cc1. The molecule has 0 N–H and O–H groups in total. The van der Waals surface area contributed by atoms with Crippen LogP contribution in [0, 0.1) is 0 Å². The van der Waals surface area contributed by atoms with E-state index in [9.17, 15) is 13.2 Å². The van der Waals surface area contributed by atoms with Crippen LogP contribution in [0.3, 0.4) is 0 Å². The van der Waals surface area contributed by atoms with Crippen molar-refractivity contribution in [2.24, 2.45) is 12.0 Å². The summed E-state index contributed by atoms with van der Waals surface area (Å²) in [6.45, 7) is 2.47. The first-order chi connectivity index (χ1) is 14.3. The molecule has 1 aromatic heterocycles. The van der Waals surface area contributed by atoms with Crippen LogP contribution in [0.25, 0.3) is 10.2 Å². The highest BCUT2D eigenvalue weighted by molar-refractivity contribution is 7.89. The van der Waals surface area contributed by atoms with E-state index in [-0.39, 0.29) is 10.9 Å². The highest BCUT2D eigenvalue weighted by atomic mass is 35.5. The second kappa shape index (κ2) is 8.26. The van der Waals surface area contributed by atoms with Crippen LogP contribution in [-0.4, -0.2) is 35.8 Å². The highest BCUT2D eigenvalue weighted by Crippen LogP contribution is 2.26. The summed E-state index contributed by atoms with van der Waals surface area (Å²) < 4.78 is 30.2. The van der Waals surface area contributed by atoms with Crippen molar-refractivity contribution >= 4 is 49.1 Å². The van der Waals surface area contributed by atoms with Crippen LogP contribution in [0.1, 0.15) is 36.5 Å². The molecule has 1 aliphatic rings. The van der Waals surface area contributed by atoms with Crippen LogP contribution < -0.4 is 4.80 Å². The van der Waals surface area contributed by atoms with Gasteiger partial charge in [0.1, 0.15) is 0 Å². The maximum atomic E-state index is 12.9. The van der Waals surface area contributed by atoms with Gasteiger partial charge in [0.2, 0.25) is 10.0 Å². The zero-order valence-electron chi connectivity index (χ0n) is 16.7. The average Bonchev–Trinajstić information content (AvgIpc) is 3.05. The Kier molecular flexibility index (Phi) is 5.85. The normalized spacial score (nSPS) is 18.8. The molecule has 2 aromatic carbocycles. The van der Waals surface area contributed by atoms with E-state index in [2.05, 4.69) is 4.99 Å². The van der Waals surface area contributed by atoms with E-state index in [1.54, 1.807) is 14.9 Å². The Morgan fingerprint density at radius 1 is 1.17 bits per heavy atom. The maximum Gasteiger partial charge on any atom is 0.279 e. The lowest BCUT2D eigenvalue weighted by Gasteiger charge is -2.32.